The molecule has 0 bridgehead atoms. The summed E-state index contributed by atoms with van der Waals surface area (Å²) in [5.74, 6) is 0. The molecule has 70 valence electrons. The van der Waals surface area contributed by atoms with Crippen LogP contribution in [-0.2, 0) is 15.0 Å². The molecular weight excluding hydrogens is 188 g/mol. The summed E-state index contributed by atoms with van der Waals surface area (Å²) < 4.78 is 22.3. The molecule has 0 aliphatic heterocycles. The summed E-state index contributed by atoms with van der Waals surface area (Å²) >= 11 is 0. The maximum absolute atomic E-state index is 10.6. The van der Waals surface area contributed by atoms with E-state index in [1.807, 2.05) is 0 Å². The van der Waals surface area contributed by atoms with Gasteiger partial charge in [-0.2, -0.15) is 8.42 Å². The predicted octanol–water partition coefficient (Wildman–Crippen LogP) is -0.794. The van der Waals surface area contributed by atoms with Gasteiger partial charge in [0.25, 0.3) is 0 Å². The van der Waals surface area contributed by atoms with E-state index in [9.17, 15) is 13.2 Å². The van der Waals surface area contributed by atoms with Crippen molar-refractivity contribution in [3.05, 3.63) is 12.7 Å². The molecule has 1 amide bonds. The van der Waals surface area contributed by atoms with Crippen LogP contribution in [0.4, 0.5) is 4.79 Å². The quantitative estimate of drug-likeness (QED) is 0.303. The third kappa shape index (κ3) is 5.65. The van der Waals surface area contributed by atoms with Gasteiger partial charge in [0, 0.05) is 0 Å². The average molecular weight is 196 g/mol. The van der Waals surface area contributed by atoms with E-state index in [0.29, 0.717) is 0 Å². The molecule has 0 atom stereocenters. The minimum absolute atomic E-state index is 0.0550. The van der Waals surface area contributed by atoms with Crippen LogP contribution in [0.5, 0.6) is 0 Å². The van der Waals surface area contributed by atoms with Crippen molar-refractivity contribution >= 4 is 16.3 Å². The Kier molecular flexibility index (Phi) is 4.26. The van der Waals surface area contributed by atoms with Crippen LogP contribution < -0.4 is 9.61 Å². The first-order valence-electron chi connectivity index (χ1n) is 2.73. The molecule has 0 spiro atoms. The number of amides is 1. The molecule has 0 aliphatic rings. The lowest BCUT2D eigenvalue weighted by molar-refractivity contribution is 0.118. The van der Waals surface area contributed by atoms with Crippen LogP contribution in [0.25, 0.3) is 0 Å². The fourth-order valence-electron chi connectivity index (χ4n) is 0.306. The van der Waals surface area contributed by atoms with Gasteiger partial charge in [0.15, 0.2) is 0 Å². The molecule has 0 aliphatic carbocycles. The molecule has 7 nitrogen and oxygen atoms in total. The van der Waals surface area contributed by atoms with Gasteiger partial charge in [-0.25, -0.2) is 9.52 Å². The Balaban J connectivity index is 3.88. The third-order valence-electron chi connectivity index (χ3n) is 0.591. The monoisotopic (exact) mass is 196 g/mol. The lowest BCUT2D eigenvalue weighted by Crippen LogP contribution is -2.39. The van der Waals surface area contributed by atoms with Gasteiger partial charge < -0.3 is 5.11 Å². The predicted molar refractivity (Wildman–Crippen MR) is 39.4 cm³/mol. The van der Waals surface area contributed by atoms with E-state index in [-0.39, 0.29) is 6.61 Å². The van der Waals surface area contributed by atoms with Crippen molar-refractivity contribution in [1.82, 2.24) is 9.61 Å². The second-order valence-corrected chi connectivity index (χ2v) is 2.97. The van der Waals surface area contributed by atoms with Gasteiger partial charge in [-0.1, -0.05) is 11.0 Å². The molecular formula is C4H8N2O5S. The van der Waals surface area contributed by atoms with Crippen molar-refractivity contribution < 1.29 is 23.2 Å². The van der Waals surface area contributed by atoms with Crippen LogP contribution in [0.15, 0.2) is 12.7 Å². The highest BCUT2D eigenvalue weighted by molar-refractivity contribution is 7.87. The zero-order valence-electron chi connectivity index (χ0n) is 5.98. The van der Waals surface area contributed by atoms with E-state index < -0.39 is 16.3 Å². The molecule has 0 saturated heterocycles. The van der Waals surface area contributed by atoms with Gasteiger partial charge >= 0.3 is 16.3 Å². The Bertz CT molecular complexity index is 259. The average Bonchev–Trinajstić information content (AvgIpc) is 1.84. The summed E-state index contributed by atoms with van der Waals surface area (Å²) in [7, 11) is -4.12. The van der Waals surface area contributed by atoms with E-state index in [1.165, 1.54) is 15.7 Å². The van der Waals surface area contributed by atoms with Gasteiger partial charge in [0.1, 0.15) is 0 Å². The smallest absolute Gasteiger partial charge is 0.419 e. The zero-order chi connectivity index (χ0) is 9.61. The van der Waals surface area contributed by atoms with E-state index in [0.717, 1.165) is 0 Å². The number of hydrogen-bond acceptors (Lipinski definition) is 4. The van der Waals surface area contributed by atoms with Crippen molar-refractivity contribution in [2.24, 2.45) is 0 Å². The fraction of sp³-hybridized carbons (Fsp3) is 0.250. The lowest BCUT2D eigenvalue weighted by Gasteiger charge is -2.03. The third-order valence-corrected chi connectivity index (χ3v) is 1.37. The summed E-state index contributed by atoms with van der Waals surface area (Å²) in [5, 5.41) is 8.00. The van der Waals surface area contributed by atoms with Gasteiger partial charge in [-0.3, -0.25) is 4.84 Å². The van der Waals surface area contributed by atoms with Gasteiger partial charge in [0.2, 0.25) is 0 Å². The molecule has 8 heteroatoms. The van der Waals surface area contributed by atoms with Crippen LogP contribution in [0, 0.1) is 0 Å². The Morgan fingerprint density at radius 3 is 2.67 bits per heavy atom. The molecule has 0 fully saturated rings. The molecule has 0 aromatic heterocycles. The second kappa shape index (κ2) is 4.70. The summed E-state index contributed by atoms with van der Waals surface area (Å²) in [6.45, 7) is 3.19. The number of nitrogens with one attached hydrogen (secondary N) is 2. The molecule has 12 heavy (non-hydrogen) atoms. The number of carbonyl (C=O) groups is 1. The molecule has 0 aromatic rings. The Morgan fingerprint density at radius 2 is 2.25 bits per heavy atom. The maximum Gasteiger partial charge on any atom is 0.419 e. The minimum atomic E-state index is -4.12. The largest absolute Gasteiger partial charge is 0.464 e. The van der Waals surface area contributed by atoms with Crippen molar-refractivity contribution in [2.75, 3.05) is 6.61 Å². The normalized spacial score (nSPS) is 10.7. The summed E-state index contributed by atoms with van der Waals surface area (Å²) in [6.07, 6.45) is -0.395. The Labute approximate surface area is 69.2 Å². The number of carboxylic acid groups (broad SMARTS) is 1. The van der Waals surface area contributed by atoms with Crippen molar-refractivity contribution in [3.63, 3.8) is 0 Å². The summed E-state index contributed by atoms with van der Waals surface area (Å²) in [6, 6.07) is 0. The van der Waals surface area contributed by atoms with Crippen LogP contribution in [0.3, 0.4) is 0 Å². The van der Waals surface area contributed by atoms with Crippen molar-refractivity contribution in [3.8, 4) is 0 Å². The molecule has 3 N–H and O–H groups in total. The molecule has 0 radical (unpaired) electrons. The van der Waals surface area contributed by atoms with Crippen molar-refractivity contribution in [1.29, 1.82) is 0 Å². The molecule has 0 rings (SSSR count). The topological polar surface area (TPSA) is 105 Å². The summed E-state index contributed by atoms with van der Waals surface area (Å²) in [5.41, 5.74) is 0. The van der Waals surface area contributed by atoms with E-state index in [1.54, 1.807) is 0 Å². The van der Waals surface area contributed by atoms with Crippen molar-refractivity contribution in [2.45, 2.75) is 0 Å². The maximum atomic E-state index is 10.6. The lowest BCUT2D eigenvalue weighted by atomic mass is 10.7. The van der Waals surface area contributed by atoms with Gasteiger partial charge in [0.05, 0.1) is 6.61 Å². The minimum Gasteiger partial charge on any atom is -0.464 e. The van der Waals surface area contributed by atoms with Gasteiger partial charge in [-0.05, 0) is 0 Å². The zero-order valence-corrected chi connectivity index (χ0v) is 6.80. The molecule has 0 aromatic carbocycles. The Hall–Kier alpha value is -1.12. The molecule has 0 heterocycles. The van der Waals surface area contributed by atoms with Crippen LogP contribution in [-0.4, -0.2) is 26.2 Å². The number of rotatable bonds is 5. The highest BCUT2D eigenvalue weighted by Crippen LogP contribution is 1.77. The van der Waals surface area contributed by atoms with Gasteiger partial charge in [-0.15, -0.1) is 6.58 Å². The summed E-state index contributed by atoms with van der Waals surface area (Å²) in [4.78, 5) is 15.6. The standard InChI is InChI=1S/C4H8N2O5S/c1-2-3-11-6-12(9,10)5-4(7)8/h2,5-6H,1,3H2,(H,7,8). The molecule has 0 saturated carbocycles. The van der Waals surface area contributed by atoms with E-state index >= 15 is 0 Å². The Morgan fingerprint density at radius 1 is 1.67 bits per heavy atom. The van der Waals surface area contributed by atoms with Crippen LogP contribution in [0.2, 0.25) is 0 Å². The first kappa shape index (κ1) is 10.9. The van der Waals surface area contributed by atoms with Crippen LogP contribution >= 0.6 is 0 Å². The first-order valence-corrected chi connectivity index (χ1v) is 4.21. The second-order valence-electron chi connectivity index (χ2n) is 1.59. The highest BCUT2D eigenvalue weighted by atomic mass is 32.2. The van der Waals surface area contributed by atoms with E-state index in [2.05, 4.69) is 11.4 Å². The highest BCUT2D eigenvalue weighted by Gasteiger charge is 2.11. The number of hydrogen-bond donors (Lipinski definition) is 3. The van der Waals surface area contributed by atoms with E-state index in [4.69, 9.17) is 5.11 Å². The SMILES string of the molecule is C=CCONS(=O)(=O)NC(=O)O. The molecule has 0 unspecified atom stereocenters. The van der Waals surface area contributed by atoms with Crippen LogP contribution in [0.1, 0.15) is 0 Å². The first-order chi connectivity index (χ1) is 5.48. The fourth-order valence-corrected chi connectivity index (χ4v) is 0.801.